The fourth-order valence-electron chi connectivity index (χ4n) is 0.832. The summed E-state index contributed by atoms with van der Waals surface area (Å²) in [6.07, 6.45) is 2.78. The third-order valence-electron chi connectivity index (χ3n) is 1.54. The molecule has 3 N–H and O–H groups in total. The molecule has 56 valence electrons. The third kappa shape index (κ3) is 1.52. The van der Waals surface area contributed by atoms with E-state index < -0.39 is 0 Å². The Morgan fingerprint density at radius 2 is 2.50 bits per heavy atom. The quantitative estimate of drug-likeness (QED) is 0.680. The molecule has 0 fully saturated rings. The van der Waals surface area contributed by atoms with E-state index in [-0.39, 0.29) is 6.04 Å². The average molecular weight is 159 g/mol. The van der Waals surface area contributed by atoms with E-state index in [0.717, 1.165) is 12.0 Å². The van der Waals surface area contributed by atoms with Gasteiger partial charge in [0.1, 0.15) is 5.15 Å². The van der Waals surface area contributed by atoms with Gasteiger partial charge < -0.3 is 10.7 Å². The summed E-state index contributed by atoms with van der Waals surface area (Å²) in [6.45, 7) is 2.05. The first-order valence-corrected chi connectivity index (χ1v) is 3.71. The fourth-order valence-corrected chi connectivity index (χ4v) is 1.01. The van der Waals surface area contributed by atoms with Gasteiger partial charge in [-0.05, 0) is 18.1 Å². The lowest BCUT2D eigenvalue weighted by Crippen LogP contribution is -2.06. The van der Waals surface area contributed by atoms with Crippen molar-refractivity contribution in [2.45, 2.75) is 19.4 Å². The third-order valence-corrected chi connectivity index (χ3v) is 1.76. The average Bonchev–Trinajstić information content (AvgIpc) is 2.34. The molecular formula is C7H11ClN2. The standard InChI is InChI=1S/C7H11ClN2/c1-2-6(9)5-3-7(8)10-4-5/h3-4,6,10H,2,9H2,1H3. The van der Waals surface area contributed by atoms with Crippen LogP contribution in [0.15, 0.2) is 12.3 Å². The maximum Gasteiger partial charge on any atom is 0.106 e. The van der Waals surface area contributed by atoms with Gasteiger partial charge in [0, 0.05) is 12.2 Å². The van der Waals surface area contributed by atoms with E-state index in [4.69, 9.17) is 17.3 Å². The smallest absolute Gasteiger partial charge is 0.106 e. The van der Waals surface area contributed by atoms with Crippen LogP contribution in [-0.4, -0.2) is 4.98 Å². The number of aromatic nitrogens is 1. The second-order valence-corrected chi connectivity index (χ2v) is 2.70. The molecule has 0 spiro atoms. The van der Waals surface area contributed by atoms with Crippen molar-refractivity contribution < 1.29 is 0 Å². The molecule has 10 heavy (non-hydrogen) atoms. The lowest BCUT2D eigenvalue weighted by atomic mass is 10.1. The van der Waals surface area contributed by atoms with Crippen molar-refractivity contribution in [3.63, 3.8) is 0 Å². The van der Waals surface area contributed by atoms with Gasteiger partial charge in [-0.25, -0.2) is 0 Å². The Hall–Kier alpha value is -0.470. The lowest BCUT2D eigenvalue weighted by molar-refractivity contribution is 0.700. The predicted molar refractivity (Wildman–Crippen MR) is 43.0 cm³/mol. The molecular weight excluding hydrogens is 148 g/mol. The number of nitrogens with two attached hydrogens (primary N) is 1. The first-order chi connectivity index (χ1) is 4.74. The molecule has 0 saturated carbocycles. The Labute approximate surface area is 65.4 Å². The molecule has 0 aliphatic carbocycles. The number of H-pyrrole nitrogens is 1. The Bertz CT molecular complexity index is 207. The molecule has 0 radical (unpaired) electrons. The van der Waals surface area contributed by atoms with Gasteiger partial charge in [-0.3, -0.25) is 0 Å². The zero-order chi connectivity index (χ0) is 7.56. The molecule has 0 aliphatic heterocycles. The summed E-state index contributed by atoms with van der Waals surface area (Å²) in [4.78, 5) is 2.87. The summed E-state index contributed by atoms with van der Waals surface area (Å²) >= 11 is 5.65. The number of aromatic amines is 1. The highest BCUT2D eigenvalue weighted by atomic mass is 35.5. The van der Waals surface area contributed by atoms with Crippen LogP contribution in [0.3, 0.4) is 0 Å². The van der Waals surface area contributed by atoms with Crippen molar-refractivity contribution in [2.24, 2.45) is 5.73 Å². The summed E-state index contributed by atoms with van der Waals surface area (Å²) in [5, 5.41) is 0.652. The second kappa shape index (κ2) is 3.08. The molecule has 1 unspecified atom stereocenters. The number of hydrogen-bond donors (Lipinski definition) is 2. The highest BCUT2D eigenvalue weighted by Gasteiger charge is 2.03. The van der Waals surface area contributed by atoms with Gasteiger partial charge in [0.15, 0.2) is 0 Å². The molecule has 0 bridgehead atoms. The molecule has 0 aliphatic rings. The Kier molecular flexibility index (Phi) is 2.35. The predicted octanol–water partition coefficient (Wildman–Crippen LogP) is 2.08. The summed E-state index contributed by atoms with van der Waals surface area (Å²) < 4.78 is 0. The van der Waals surface area contributed by atoms with Gasteiger partial charge in [0.2, 0.25) is 0 Å². The zero-order valence-corrected chi connectivity index (χ0v) is 6.65. The van der Waals surface area contributed by atoms with Gasteiger partial charge in [-0.2, -0.15) is 0 Å². The molecule has 0 aromatic carbocycles. The van der Waals surface area contributed by atoms with E-state index in [9.17, 15) is 0 Å². The lowest BCUT2D eigenvalue weighted by Gasteiger charge is -2.03. The van der Waals surface area contributed by atoms with Crippen LogP contribution in [0.4, 0.5) is 0 Å². The molecule has 1 heterocycles. The molecule has 1 atom stereocenters. The van der Waals surface area contributed by atoms with Crippen LogP contribution >= 0.6 is 11.6 Å². The Morgan fingerprint density at radius 3 is 2.90 bits per heavy atom. The van der Waals surface area contributed by atoms with Gasteiger partial charge >= 0.3 is 0 Å². The van der Waals surface area contributed by atoms with Crippen molar-refractivity contribution in [3.8, 4) is 0 Å². The minimum absolute atomic E-state index is 0.115. The van der Waals surface area contributed by atoms with Crippen molar-refractivity contribution in [1.29, 1.82) is 0 Å². The molecule has 3 heteroatoms. The van der Waals surface area contributed by atoms with Crippen LogP contribution < -0.4 is 5.73 Å². The van der Waals surface area contributed by atoms with Crippen LogP contribution in [0.1, 0.15) is 24.9 Å². The van der Waals surface area contributed by atoms with Crippen molar-refractivity contribution in [2.75, 3.05) is 0 Å². The van der Waals surface area contributed by atoms with Crippen molar-refractivity contribution in [1.82, 2.24) is 4.98 Å². The number of rotatable bonds is 2. The maximum atomic E-state index is 5.73. The van der Waals surface area contributed by atoms with E-state index in [0.29, 0.717) is 5.15 Å². The van der Waals surface area contributed by atoms with Crippen LogP contribution in [0.2, 0.25) is 5.15 Å². The summed E-state index contributed by atoms with van der Waals surface area (Å²) in [5.74, 6) is 0. The summed E-state index contributed by atoms with van der Waals surface area (Å²) in [7, 11) is 0. The van der Waals surface area contributed by atoms with Gasteiger partial charge in [0.05, 0.1) is 0 Å². The molecule has 1 aromatic rings. The molecule has 2 nitrogen and oxygen atoms in total. The van der Waals surface area contributed by atoms with Gasteiger partial charge in [-0.15, -0.1) is 0 Å². The van der Waals surface area contributed by atoms with Crippen molar-refractivity contribution >= 4 is 11.6 Å². The normalized spacial score (nSPS) is 13.5. The minimum Gasteiger partial charge on any atom is -0.352 e. The number of halogens is 1. The number of nitrogens with one attached hydrogen (secondary N) is 1. The largest absolute Gasteiger partial charge is 0.352 e. The molecule has 0 amide bonds. The monoisotopic (exact) mass is 158 g/mol. The highest BCUT2D eigenvalue weighted by molar-refractivity contribution is 6.29. The zero-order valence-electron chi connectivity index (χ0n) is 5.89. The van der Waals surface area contributed by atoms with Crippen LogP contribution in [0, 0.1) is 0 Å². The first-order valence-electron chi connectivity index (χ1n) is 3.33. The summed E-state index contributed by atoms with van der Waals surface area (Å²) in [6, 6.07) is 1.97. The van der Waals surface area contributed by atoms with Crippen molar-refractivity contribution in [3.05, 3.63) is 23.0 Å². The Morgan fingerprint density at radius 1 is 1.80 bits per heavy atom. The highest BCUT2D eigenvalue weighted by Crippen LogP contribution is 2.16. The van der Waals surface area contributed by atoms with Crippen LogP contribution in [0.5, 0.6) is 0 Å². The van der Waals surface area contributed by atoms with Gasteiger partial charge in [0.25, 0.3) is 0 Å². The van der Waals surface area contributed by atoms with E-state index in [1.54, 1.807) is 0 Å². The maximum absolute atomic E-state index is 5.73. The fraction of sp³-hybridized carbons (Fsp3) is 0.429. The van der Waals surface area contributed by atoms with E-state index >= 15 is 0 Å². The molecule has 1 rings (SSSR count). The summed E-state index contributed by atoms with van der Waals surface area (Å²) in [5.41, 5.74) is 6.81. The minimum atomic E-state index is 0.115. The van der Waals surface area contributed by atoms with E-state index in [1.165, 1.54) is 0 Å². The second-order valence-electron chi connectivity index (χ2n) is 2.30. The molecule has 0 saturated heterocycles. The van der Waals surface area contributed by atoms with Crippen LogP contribution in [-0.2, 0) is 0 Å². The van der Waals surface area contributed by atoms with Gasteiger partial charge in [-0.1, -0.05) is 18.5 Å². The number of hydrogen-bond acceptors (Lipinski definition) is 1. The van der Waals surface area contributed by atoms with E-state index in [1.807, 2.05) is 19.2 Å². The van der Waals surface area contributed by atoms with Crippen LogP contribution in [0.25, 0.3) is 0 Å². The molecule has 1 aromatic heterocycles. The Balaban J connectivity index is 2.74. The topological polar surface area (TPSA) is 41.8 Å². The first kappa shape index (κ1) is 7.63. The SMILES string of the molecule is CCC(N)c1c[nH]c(Cl)c1. The van der Waals surface area contributed by atoms with E-state index in [2.05, 4.69) is 4.98 Å².